The Balaban J connectivity index is 1.40. The van der Waals surface area contributed by atoms with Crippen molar-refractivity contribution in [2.45, 2.75) is 203 Å². The topological polar surface area (TPSA) is 271 Å². The summed E-state index contributed by atoms with van der Waals surface area (Å²) in [6.07, 6.45) is -4.71. The number of halogens is 1. The van der Waals surface area contributed by atoms with E-state index in [-0.39, 0.29) is 43.3 Å². The standard InChI is InChI=1S/C52H89FN6O14S/c1-14-43-52(10,65)45(61)34(6)58(12)26-30(2)23-50(8,64)47(32(4)41(33(5)48(63)72-43)29-69-28-39-24-51(9,68-13)46(62)35(7)71-39)73-49-44(60)42(21-31(3)70-49)57(11)20-19-37-27-59(56-55-37)38(25-53)22-36-15-17-40(18-16-36)74(54,66)67/h15-18,27,30-35,38-39,41-47,49,60-62,64-65H,14,19-26,28-29H2,1-13H3,(H2,54,66,67)/t30-,31-,32+,33-,34-,35+,38+,39-,41+,42+,43-,44-,45-,46+,47-,49+,50-,51-,52-/m1/s1. The summed E-state index contributed by atoms with van der Waals surface area (Å²) in [4.78, 5) is 18.3. The lowest BCUT2D eigenvalue weighted by molar-refractivity contribution is -0.299. The van der Waals surface area contributed by atoms with Crippen LogP contribution in [0.15, 0.2) is 35.4 Å². The van der Waals surface area contributed by atoms with Crippen molar-refractivity contribution in [1.29, 1.82) is 0 Å². The lowest BCUT2D eigenvalue weighted by Gasteiger charge is -2.47. The molecule has 0 spiro atoms. The molecule has 19 atom stereocenters. The van der Waals surface area contributed by atoms with E-state index >= 15 is 0 Å². The van der Waals surface area contributed by atoms with E-state index in [0.29, 0.717) is 43.6 Å². The molecule has 1 aromatic heterocycles. The third kappa shape index (κ3) is 15.1. The molecule has 0 saturated carbocycles. The lowest BCUT2D eigenvalue weighted by Crippen LogP contribution is -2.59. The summed E-state index contributed by atoms with van der Waals surface area (Å²) in [6, 6.07) is 4.18. The second-order valence-electron chi connectivity index (χ2n) is 22.6. The van der Waals surface area contributed by atoms with E-state index in [1.54, 1.807) is 60.1 Å². The van der Waals surface area contributed by atoms with Crippen molar-refractivity contribution in [2.75, 3.05) is 54.2 Å². The van der Waals surface area contributed by atoms with E-state index in [0.717, 1.165) is 0 Å². The number of aromatic nitrogens is 3. The summed E-state index contributed by atoms with van der Waals surface area (Å²) in [6.45, 7) is 17.9. The van der Waals surface area contributed by atoms with Crippen LogP contribution in [0.2, 0.25) is 0 Å². The van der Waals surface area contributed by atoms with Crippen LogP contribution in [0.1, 0.15) is 112 Å². The van der Waals surface area contributed by atoms with Crippen LogP contribution < -0.4 is 5.14 Å². The Kier molecular flexibility index (Phi) is 21.6. The first kappa shape index (κ1) is 62.0. The zero-order valence-electron chi connectivity index (χ0n) is 45.9. The summed E-state index contributed by atoms with van der Waals surface area (Å²) in [7, 11) is 1.37. The number of hydrogen-bond acceptors (Lipinski definition) is 18. The molecular formula is C52H89FN6O14S. The molecule has 3 aliphatic rings. The maximum absolute atomic E-state index is 14.5. The molecule has 22 heteroatoms. The predicted octanol–water partition coefficient (Wildman–Crippen LogP) is 2.80. The van der Waals surface area contributed by atoms with Gasteiger partial charge in [-0.3, -0.25) is 4.79 Å². The molecule has 3 saturated heterocycles. The van der Waals surface area contributed by atoms with Crippen LogP contribution in [-0.4, -0.2) is 203 Å². The first-order valence-corrected chi connectivity index (χ1v) is 27.8. The third-order valence-corrected chi connectivity index (χ3v) is 17.3. The van der Waals surface area contributed by atoms with Crippen LogP contribution in [0.25, 0.3) is 0 Å². The fourth-order valence-electron chi connectivity index (χ4n) is 11.5. The van der Waals surface area contributed by atoms with Crippen molar-refractivity contribution in [3.05, 3.63) is 41.7 Å². The monoisotopic (exact) mass is 1070 g/mol. The van der Waals surface area contributed by atoms with E-state index in [1.807, 2.05) is 51.6 Å². The highest BCUT2D eigenvalue weighted by atomic mass is 32.2. The van der Waals surface area contributed by atoms with Gasteiger partial charge in [0.25, 0.3) is 0 Å². The number of aliphatic hydroxyl groups is 5. The highest BCUT2D eigenvalue weighted by Gasteiger charge is 2.51. The van der Waals surface area contributed by atoms with Crippen molar-refractivity contribution in [3.63, 3.8) is 0 Å². The van der Waals surface area contributed by atoms with Gasteiger partial charge < -0.3 is 63.8 Å². The van der Waals surface area contributed by atoms with Gasteiger partial charge in [0.2, 0.25) is 10.0 Å². The number of esters is 1. The molecule has 0 radical (unpaired) electrons. The molecular weight excluding hydrogens is 984 g/mol. The highest BCUT2D eigenvalue weighted by molar-refractivity contribution is 7.89. The summed E-state index contributed by atoms with van der Waals surface area (Å²) >= 11 is 0. The highest BCUT2D eigenvalue weighted by Crippen LogP contribution is 2.40. The number of alkyl halides is 1. The zero-order chi connectivity index (χ0) is 55.2. The van der Waals surface area contributed by atoms with Gasteiger partial charge in [-0.1, -0.05) is 45.0 Å². The molecule has 74 heavy (non-hydrogen) atoms. The predicted molar refractivity (Wildman–Crippen MR) is 273 cm³/mol. The van der Waals surface area contributed by atoms with E-state index < -0.39 is 130 Å². The SMILES string of the molecule is CC[C@H]1OC(=O)[C@H](C)[C@@H](COC[C@H]2C[C@@](C)(OC)[C@@H](O)[C@H](C)O2)[C@H](C)[C@@H](O[C@@H]2O[C@H](C)C[C@H](N(C)CCc3cn([C@H](CF)Cc4ccc(S(N)(=O)=O)cc4)nn3)[C@H]2O)[C@](C)(O)C[C@@H](C)CN(C)[C@H](C)[C@@H](O)[C@]1(C)O. The van der Waals surface area contributed by atoms with Crippen molar-refractivity contribution >= 4 is 16.0 Å². The second-order valence-corrected chi connectivity index (χ2v) is 24.2. The molecule has 7 N–H and O–H groups in total. The van der Waals surface area contributed by atoms with Gasteiger partial charge in [0.05, 0.1) is 71.4 Å². The summed E-state index contributed by atoms with van der Waals surface area (Å²) < 4.78 is 77.1. The number of ether oxygens (including phenoxy) is 6. The number of carbonyl (C=O) groups excluding carboxylic acids is 1. The molecule has 0 bridgehead atoms. The molecule has 2 aromatic rings. The van der Waals surface area contributed by atoms with Gasteiger partial charge in [-0.2, -0.15) is 0 Å². The van der Waals surface area contributed by atoms with Crippen molar-refractivity contribution < 1.29 is 71.6 Å². The number of cyclic esters (lactones) is 1. The molecule has 20 nitrogen and oxygen atoms in total. The van der Waals surface area contributed by atoms with Gasteiger partial charge in [-0.05, 0) is 111 Å². The summed E-state index contributed by atoms with van der Waals surface area (Å²) in [5.41, 5.74) is -3.04. The van der Waals surface area contributed by atoms with Crippen LogP contribution in [-0.2, 0) is 56.1 Å². The molecule has 3 fully saturated rings. The first-order chi connectivity index (χ1) is 34.5. The van der Waals surface area contributed by atoms with Crippen LogP contribution in [0.3, 0.4) is 0 Å². The van der Waals surface area contributed by atoms with Crippen LogP contribution in [0.4, 0.5) is 4.39 Å². The number of benzene rings is 1. The molecule has 0 aliphatic carbocycles. The number of nitrogens with zero attached hydrogens (tertiary/aromatic N) is 5. The normalized spacial score (nSPS) is 39.0. The number of nitrogens with two attached hydrogens (primary N) is 1. The number of carbonyl (C=O) groups is 1. The molecule has 3 aliphatic heterocycles. The maximum Gasteiger partial charge on any atom is 0.309 e. The Hall–Kier alpha value is -2.81. The number of hydrogen-bond donors (Lipinski definition) is 6. The summed E-state index contributed by atoms with van der Waals surface area (Å²) in [5, 5.41) is 73.2. The van der Waals surface area contributed by atoms with Gasteiger partial charge in [0.15, 0.2) is 6.29 Å². The second kappa shape index (κ2) is 25.8. The Morgan fingerprint density at radius 1 is 1.00 bits per heavy atom. The number of sulfonamides is 1. The van der Waals surface area contributed by atoms with Crippen molar-refractivity contribution in [2.24, 2.45) is 28.8 Å². The number of methoxy groups -OCH3 is 1. The minimum Gasteiger partial charge on any atom is -0.459 e. The number of aliphatic hydroxyl groups excluding tert-OH is 3. The maximum atomic E-state index is 14.5. The lowest BCUT2D eigenvalue weighted by atomic mass is 9.73. The van der Waals surface area contributed by atoms with E-state index in [9.17, 15) is 43.1 Å². The average molecular weight is 1070 g/mol. The van der Waals surface area contributed by atoms with Crippen LogP contribution >= 0.6 is 0 Å². The van der Waals surface area contributed by atoms with Gasteiger partial charge in [-0.15, -0.1) is 5.10 Å². The first-order valence-electron chi connectivity index (χ1n) is 26.2. The van der Waals surface area contributed by atoms with E-state index in [4.69, 9.17) is 33.6 Å². The van der Waals surface area contributed by atoms with Crippen LogP contribution in [0.5, 0.6) is 0 Å². The van der Waals surface area contributed by atoms with Gasteiger partial charge in [-0.25, -0.2) is 22.6 Å². The quantitative estimate of drug-likeness (QED) is 0.124. The van der Waals surface area contributed by atoms with Gasteiger partial charge >= 0.3 is 5.97 Å². The number of likely N-dealkylation sites (N-methyl/N-ethyl adjacent to an activating group) is 2. The average Bonchev–Trinajstić information content (AvgIpc) is 3.81. The van der Waals surface area contributed by atoms with Gasteiger partial charge in [0.1, 0.15) is 36.7 Å². The third-order valence-electron chi connectivity index (χ3n) is 16.4. The zero-order valence-corrected chi connectivity index (χ0v) is 46.7. The minimum absolute atomic E-state index is 0.0279. The van der Waals surface area contributed by atoms with Crippen molar-refractivity contribution in [3.8, 4) is 0 Å². The Labute approximate surface area is 438 Å². The Morgan fingerprint density at radius 2 is 1.66 bits per heavy atom. The van der Waals surface area contributed by atoms with Crippen molar-refractivity contribution in [1.82, 2.24) is 24.8 Å². The summed E-state index contributed by atoms with van der Waals surface area (Å²) in [5.74, 6) is -3.13. The molecule has 4 heterocycles. The molecule has 0 amide bonds. The smallest absolute Gasteiger partial charge is 0.309 e. The Morgan fingerprint density at radius 3 is 2.27 bits per heavy atom. The number of rotatable bonds is 17. The fourth-order valence-corrected chi connectivity index (χ4v) is 12.1. The molecule has 1 aromatic carbocycles. The van der Waals surface area contributed by atoms with E-state index in [1.165, 1.54) is 23.7 Å². The molecule has 0 unspecified atom stereocenters. The minimum atomic E-state index is -3.87. The Bertz CT molecular complexity index is 2190. The molecule has 424 valence electrons. The van der Waals surface area contributed by atoms with Crippen LogP contribution in [0, 0.1) is 23.7 Å². The fraction of sp³-hybridized carbons (Fsp3) is 0.827. The van der Waals surface area contributed by atoms with E-state index in [2.05, 4.69) is 10.3 Å². The van der Waals surface area contributed by atoms with Gasteiger partial charge in [0, 0.05) is 57.2 Å². The number of primary sulfonamides is 1. The largest absolute Gasteiger partial charge is 0.459 e. The molecule has 5 rings (SSSR count).